The van der Waals surface area contributed by atoms with Gasteiger partial charge in [-0.2, -0.15) is 0 Å². The standard InChI is InChI=1S/C22H25N3O3.ClH/c1-3-23-15(2)14-24-21(26)12-16-8-10-18(11-9-16)25-22(27)20-13-17-6-4-5-7-19(17)28-20;/h4-11,13,15,23H,3,12,14H2,1-2H3,(H,24,26)(H,25,27);1H/t15-;/m1./s1. The van der Waals surface area contributed by atoms with Crippen LogP contribution in [0.15, 0.2) is 59.0 Å². The van der Waals surface area contributed by atoms with E-state index in [9.17, 15) is 9.59 Å². The molecule has 3 rings (SSSR count). The molecule has 0 aliphatic carbocycles. The van der Waals surface area contributed by atoms with Crippen LogP contribution in [0.5, 0.6) is 0 Å². The molecule has 0 aliphatic heterocycles. The van der Waals surface area contributed by atoms with Gasteiger partial charge in [0.15, 0.2) is 5.76 Å². The molecule has 0 saturated heterocycles. The second kappa shape index (κ2) is 10.6. The lowest BCUT2D eigenvalue weighted by atomic mass is 10.1. The number of furan rings is 1. The van der Waals surface area contributed by atoms with Gasteiger partial charge in [0.05, 0.1) is 6.42 Å². The van der Waals surface area contributed by atoms with Gasteiger partial charge in [-0.05, 0) is 43.3 Å². The summed E-state index contributed by atoms with van der Waals surface area (Å²) in [6.07, 6.45) is 0.302. The molecule has 1 aromatic heterocycles. The molecule has 0 bridgehead atoms. The predicted octanol–water partition coefficient (Wildman–Crippen LogP) is 3.76. The van der Waals surface area contributed by atoms with Crippen molar-refractivity contribution in [3.05, 3.63) is 65.9 Å². The van der Waals surface area contributed by atoms with E-state index in [1.165, 1.54) is 0 Å². The topological polar surface area (TPSA) is 83.4 Å². The summed E-state index contributed by atoms with van der Waals surface area (Å²) in [6.45, 7) is 5.53. The zero-order chi connectivity index (χ0) is 19.9. The first kappa shape index (κ1) is 22.5. The van der Waals surface area contributed by atoms with Crippen molar-refractivity contribution in [3.63, 3.8) is 0 Å². The summed E-state index contributed by atoms with van der Waals surface area (Å²) in [5.41, 5.74) is 2.21. The molecule has 0 saturated carbocycles. The number of likely N-dealkylation sites (N-methyl/N-ethyl adjacent to an activating group) is 1. The van der Waals surface area contributed by atoms with E-state index in [-0.39, 0.29) is 36.0 Å². The molecule has 1 atom stereocenters. The predicted molar refractivity (Wildman–Crippen MR) is 118 cm³/mol. The van der Waals surface area contributed by atoms with E-state index < -0.39 is 0 Å². The highest BCUT2D eigenvalue weighted by Crippen LogP contribution is 2.20. The zero-order valence-corrected chi connectivity index (χ0v) is 17.3. The van der Waals surface area contributed by atoms with Gasteiger partial charge in [-0.25, -0.2) is 0 Å². The normalized spacial score (nSPS) is 11.5. The van der Waals surface area contributed by atoms with Crippen LogP contribution in [0, 0.1) is 0 Å². The van der Waals surface area contributed by atoms with E-state index in [0.717, 1.165) is 17.5 Å². The Kier molecular flexibility index (Phi) is 8.24. The van der Waals surface area contributed by atoms with Crippen molar-refractivity contribution in [2.75, 3.05) is 18.4 Å². The number of benzene rings is 2. The minimum atomic E-state index is -0.306. The molecule has 154 valence electrons. The van der Waals surface area contributed by atoms with Crippen LogP contribution in [0.25, 0.3) is 11.0 Å². The molecule has 6 nitrogen and oxygen atoms in total. The average Bonchev–Trinajstić information content (AvgIpc) is 3.13. The first-order valence-electron chi connectivity index (χ1n) is 9.44. The van der Waals surface area contributed by atoms with Gasteiger partial charge in [0.2, 0.25) is 5.91 Å². The fourth-order valence-corrected chi connectivity index (χ4v) is 2.93. The maximum Gasteiger partial charge on any atom is 0.291 e. The Bertz CT molecular complexity index is 920. The van der Waals surface area contributed by atoms with E-state index in [1.807, 2.05) is 50.2 Å². The fourth-order valence-electron chi connectivity index (χ4n) is 2.93. The van der Waals surface area contributed by atoms with Crippen molar-refractivity contribution >= 4 is 40.9 Å². The molecule has 0 spiro atoms. The Morgan fingerprint density at radius 3 is 2.48 bits per heavy atom. The fraction of sp³-hybridized carbons (Fsp3) is 0.273. The Balaban J connectivity index is 0.00000300. The number of fused-ring (bicyclic) bond motifs is 1. The minimum Gasteiger partial charge on any atom is -0.451 e. The van der Waals surface area contributed by atoms with Crippen molar-refractivity contribution < 1.29 is 14.0 Å². The van der Waals surface area contributed by atoms with Crippen molar-refractivity contribution in [3.8, 4) is 0 Å². The number of rotatable bonds is 8. The van der Waals surface area contributed by atoms with E-state index in [4.69, 9.17) is 4.42 Å². The summed E-state index contributed by atoms with van der Waals surface area (Å²) in [5.74, 6) is -0.0672. The number of nitrogens with one attached hydrogen (secondary N) is 3. The summed E-state index contributed by atoms with van der Waals surface area (Å²) < 4.78 is 5.57. The van der Waals surface area contributed by atoms with Gasteiger partial charge >= 0.3 is 0 Å². The van der Waals surface area contributed by atoms with Crippen LogP contribution in [0.3, 0.4) is 0 Å². The Morgan fingerprint density at radius 1 is 1.07 bits per heavy atom. The molecule has 2 aromatic carbocycles. The van der Waals surface area contributed by atoms with Crippen LogP contribution >= 0.6 is 12.4 Å². The lowest BCUT2D eigenvalue weighted by Gasteiger charge is -2.13. The van der Waals surface area contributed by atoms with Crippen molar-refractivity contribution in [2.45, 2.75) is 26.3 Å². The van der Waals surface area contributed by atoms with Crippen molar-refractivity contribution in [1.29, 1.82) is 0 Å². The second-order valence-electron chi connectivity index (χ2n) is 6.74. The van der Waals surface area contributed by atoms with Gasteiger partial charge in [0.1, 0.15) is 5.58 Å². The molecule has 0 radical (unpaired) electrons. The third-order valence-electron chi connectivity index (χ3n) is 4.38. The van der Waals surface area contributed by atoms with Gasteiger partial charge in [0, 0.05) is 23.7 Å². The second-order valence-corrected chi connectivity index (χ2v) is 6.74. The Morgan fingerprint density at radius 2 is 1.79 bits per heavy atom. The molecule has 0 aliphatic rings. The van der Waals surface area contributed by atoms with Crippen LogP contribution in [0.2, 0.25) is 0 Å². The number of hydrogen-bond donors (Lipinski definition) is 3. The van der Waals surface area contributed by atoms with Gasteiger partial charge in [-0.3, -0.25) is 9.59 Å². The van der Waals surface area contributed by atoms with Gasteiger partial charge in [-0.15, -0.1) is 12.4 Å². The Labute approximate surface area is 176 Å². The number of amides is 2. The van der Waals surface area contributed by atoms with Crippen molar-refractivity contribution in [1.82, 2.24) is 10.6 Å². The first-order valence-corrected chi connectivity index (χ1v) is 9.44. The number of carbonyl (C=O) groups is 2. The third kappa shape index (κ3) is 6.34. The molecule has 7 heteroatoms. The molecule has 0 fully saturated rings. The van der Waals surface area contributed by atoms with Crippen LogP contribution in [-0.4, -0.2) is 30.9 Å². The number of hydrogen-bond acceptors (Lipinski definition) is 4. The summed E-state index contributed by atoms with van der Waals surface area (Å²) in [7, 11) is 0. The van der Waals surface area contributed by atoms with E-state index >= 15 is 0 Å². The van der Waals surface area contributed by atoms with Crippen LogP contribution in [-0.2, 0) is 11.2 Å². The van der Waals surface area contributed by atoms with Crippen LogP contribution in [0.4, 0.5) is 5.69 Å². The van der Waals surface area contributed by atoms with E-state index in [0.29, 0.717) is 24.2 Å². The molecule has 1 heterocycles. The lowest BCUT2D eigenvalue weighted by Crippen LogP contribution is -2.39. The number of anilines is 1. The average molecular weight is 416 g/mol. The maximum atomic E-state index is 12.4. The van der Waals surface area contributed by atoms with Gasteiger partial charge in [-0.1, -0.05) is 37.3 Å². The number of carbonyl (C=O) groups excluding carboxylic acids is 2. The quantitative estimate of drug-likeness (QED) is 0.523. The van der Waals surface area contributed by atoms with Crippen molar-refractivity contribution in [2.24, 2.45) is 0 Å². The largest absolute Gasteiger partial charge is 0.451 e. The molecule has 2 amide bonds. The smallest absolute Gasteiger partial charge is 0.291 e. The summed E-state index contributed by atoms with van der Waals surface area (Å²) in [4.78, 5) is 24.4. The number of halogens is 1. The van der Waals surface area contributed by atoms with Gasteiger partial charge in [0.25, 0.3) is 5.91 Å². The SMILES string of the molecule is CCN[C@H](C)CNC(=O)Cc1ccc(NC(=O)c2cc3ccccc3o2)cc1.Cl. The summed E-state index contributed by atoms with van der Waals surface area (Å²) >= 11 is 0. The molecule has 0 unspecified atom stereocenters. The highest BCUT2D eigenvalue weighted by Gasteiger charge is 2.12. The van der Waals surface area contributed by atoms with Crippen LogP contribution < -0.4 is 16.0 Å². The molecule has 29 heavy (non-hydrogen) atoms. The summed E-state index contributed by atoms with van der Waals surface area (Å²) in [5, 5.41) is 9.86. The molecule has 3 aromatic rings. The zero-order valence-electron chi connectivity index (χ0n) is 16.5. The van der Waals surface area contributed by atoms with Crippen LogP contribution in [0.1, 0.15) is 30.0 Å². The molecular formula is C22H26ClN3O3. The minimum absolute atomic E-state index is 0. The maximum absolute atomic E-state index is 12.4. The lowest BCUT2D eigenvalue weighted by molar-refractivity contribution is -0.120. The highest BCUT2D eigenvalue weighted by molar-refractivity contribution is 6.04. The Hall–Kier alpha value is -2.83. The molecular weight excluding hydrogens is 390 g/mol. The first-order chi connectivity index (χ1) is 13.5. The third-order valence-corrected chi connectivity index (χ3v) is 4.38. The van der Waals surface area contributed by atoms with E-state index in [1.54, 1.807) is 18.2 Å². The highest BCUT2D eigenvalue weighted by atomic mass is 35.5. The molecule has 3 N–H and O–H groups in total. The monoisotopic (exact) mass is 415 g/mol. The number of para-hydroxylation sites is 1. The van der Waals surface area contributed by atoms with E-state index in [2.05, 4.69) is 16.0 Å². The van der Waals surface area contributed by atoms with Gasteiger partial charge < -0.3 is 20.4 Å². The summed E-state index contributed by atoms with van der Waals surface area (Å²) in [6, 6.07) is 16.7.